The average Bonchev–Trinajstić information content (AvgIpc) is 3.94. The molecular formula is C46H46F3N7O10S2. The molecular weight excluding hydrogens is 932 g/mol. The van der Waals surface area contributed by atoms with Crippen LogP contribution in [-0.2, 0) is 39.1 Å². The Morgan fingerprint density at radius 3 is 1.96 bits per heavy atom. The minimum Gasteiger partial charge on any atom is -0.476 e. The van der Waals surface area contributed by atoms with Crippen LogP contribution in [0.2, 0.25) is 0 Å². The number of nitrogens with zero attached hydrogens (tertiary/aromatic N) is 5. The van der Waals surface area contributed by atoms with Crippen LogP contribution in [0.15, 0.2) is 113 Å². The zero-order valence-electron chi connectivity index (χ0n) is 36.3. The van der Waals surface area contributed by atoms with E-state index in [2.05, 4.69) is 15.5 Å². The largest absolute Gasteiger partial charge is 0.490 e. The second-order valence-electron chi connectivity index (χ2n) is 15.8. The molecule has 3 atom stereocenters. The smallest absolute Gasteiger partial charge is 0.476 e. The summed E-state index contributed by atoms with van der Waals surface area (Å²) in [5.41, 5.74) is 7.38. The Labute approximate surface area is 393 Å². The van der Waals surface area contributed by atoms with Crippen molar-refractivity contribution in [1.29, 1.82) is 0 Å². The van der Waals surface area contributed by atoms with Crippen LogP contribution in [0.5, 0.6) is 0 Å². The van der Waals surface area contributed by atoms with E-state index in [4.69, 9.17) is 25.2 Å². The molecule has 1 aromatic heterocycles. The molecule has 0 bridgehead atoms. The molecule has 4 aromatic rings. The average molecular weight is 978 g/mol. The van der Waals surface area contributed by atoms with Gasteiger partial charge in [-0.05, 0) is 43.8 Å². The number of anilines is 1. The van der Waals surface area contributed by atoms with Crippen LogP contribution in [0.3, 0.4) is 0 Å². The third-order valence-electron chi connectivity index (χ3n) is 11.7. The number of nitrogen functional groups attached to an aromatic ring is 1. The molecule has 22 heteroatoms. The Kier molecular flexibility index (Phi) is 15.0. The molecule has 5 N–H and O–H groups in total. The van der Waals surface area contributed by atoms with Gasteiger partial charge in [0.05, 0.1) is 12.6 Å². The maximum atomic E-state index is 14.3. The monoisotopic (exact) mass is 977 g/mol. The third-order valence-corrected chi connectivity index (χ3v) is 14.5. The van der Waals surface area contributed by atoms with Gasteiger partial charge in [-0.1, -0.05) is 96.2 Å². The van der Waals surface area contributed by atoms with Crippen molar-refractivity contribution in [2.45, 2.75) is 62.5 Å². The number of carboxylic acids is 2. The minimum absolute atomic E-state index is 0.0432. The van der Waals surface area contributed by atoms with Gasteiger partial charge in [-0.15, -0.1) is 21.8 Å². The number of carbonyl (C=O) groups is 6. The Bertz CT molecular complexity index is 2540. The number of piperidine rings is 1. The van der Waals surface area contributed by atoms with E-state index in [0.717, 1.165) is 28.0 Å². The van der Waals surface area contributed by atoms with Crippen molar-refractivity contribution in [3.63, 3.8) is 0 Å². The topological polar surface area (TPSA) is 234 Å². The zero-order chi connectivity index (χ0) is 48.8. The van der Waals surface area contributed by atoms with Crippen LogP contribution < -0.4 is 11.1 Å². The van der Waals surface area contributed by atoms with Gasteiger partial charge >= 0.3 is 24.2 Å². The number of amides is 4. The van der Waals surface area contributed by atoms with E-state index in [1.165, 1.54) is 4.90 Å². The number of alkyl halides is 3. The molecule has 3 saturated heterocycles. The highest BCUT2D eigenvalue weighted by atomic mass is 32.2. The fourth-order valence-corrected chi connectivity index (χ4v) is 11.2. The first-order valence-electron chi connectivity index (χ1n) is 21.4. The molecule has 4 amide bonds. The summed E-state index contributed by atoms with van der Waals surface area (Å²) in [7, 11) is -1.04. The molecule has 0 radical (unpaired) electrons. The molecule has 4 aliphatic rings. The summed E-state index contributed by atoms with van der Waals surface area (Å²) in [5.74, 6) is -5.13. The number of thiazole rings is 1. The molecule has 0 spiro atoms. The zero-order valence-corrected chi connectivity index (χ0v) is 38.0. The van der Waals surface area contributed by atoms with Gasteiger partial charge in [0.25, 0.3) is 17.7 Å². The van der Waals surface area contributed by atoms with Crippen LogP contribution in [0.1, 0.15) is 55.0 Å². The molecule has 3 aromatic carbocycles. The quantitative estimate of drug-likeness (QED) is 0.0350. The first-order valence-corrected chi connectivity index (χ1v) is 23.7. The van der Waals surface area contributed by atoms with E-state index < -0.39 is 58.1 Å². The highest BCUT2D eigenvalue weighted by Crippen LogP contribution is 2.42. The van der Waals surface area contributed by atoms with Gasteiger partial charge in [0.1, 0.15) is 11.7 Å². The van der Waals surface area contributed by atoms with Crippen LogP contribution >= 0.6 is 21.8 Å². The number of hydrogen-bond donors (Lipinski definition) is 4. The van der Waals surface area contributed by atoms with Gasteiger partial charge in [-0.3, -0.25) is 19.3 Å². The molecule has 0 aliphatic carbocycles. The lowest BCUT2D eigenvalue weighted by molar-refractivity contribution is -0.192. The fraction of sp³-hybridized carbons (Fsp3) is 0.326. The van der Waals surface area contributed by atoms with E-state index in [1.54, 1.807) is 22.6 Å². The van der Waals surface area contributed by atoms with E-state index in [9.17, 15) is 42.3 Å². The van der Waals surface area contributed by atoms with Crippen molar-refractivity contribution in [1.82, 2.24) is 25.0 Å². The molecule has 358 valence electrons. The highest BCUT2D eigenvalue weighted by Gasteiger charge is 2.54. The first-order chi connectivity index (χ1) is 32.5. The SMILES string of the molecule is CCOC(=O)N1CCC(N2CCC(=CS3=C(C(=O)O)N4C(=O)[C@H](NC(=O)C(=NOC(c5ccccc5)(c5ccccc5)c5ccccc5)c5csc(N)n5)[C@H]4CC3)C2=O)CC1.O=C(O)C(F)(F)F. The number of aliphatic carboxylic acids is 2. The summed E-state index contributed by atoms with van der Waals surface area (Å²) >= 11 is 1.11. The standard InChI is InChI=1S/C44H45N7O8S2.C2HF3O2/c1-2-58-43(57)49-22-19-32(20-23-49)50-24-18-28(38(50)53)27-61-25-21-34-36(39(54)51(34)40(61)41(55)56)47-37(52)35(33-26-60-42(45)46-33)48-59-44(29-12-6-3-7-13-29,30-14-8-4-9-15-30)31-16-10-5-11-17-31;3-2(4,5)1(6)7/h3-17,26-27,32,34,36H,2,18-25H2,1H3,(H2,45,46)(H,47,52)(H,55,56);(H,6,7)/t34-,36-,61?;/m1./s1. The van der Waals surface area contributed by atoms with Crippen LogP contribution in [-0.4, -0.2) is 133 Å². The number of benzene rings is 3. The number of β-lactam (4-membered cyclic amide) rings is 1. The number of fused-ring (bicyclic) bond motifs is 1. The number of oxime groups is 1. The van der Waals surface area contributed by atoms with Crippen LogP contribution in [0.4, 0.5) is 23.1 Å². The lowest BCUT2D eigenvalue weighted by atomic mass is 9.80. The summed E-state index contributed by atoms with van der Waals surface area (Å²) in [6.07, 6.45) is -3.36. The van der Waals surface area contributed by atoms with E-state index in [1.807, 2.05) is 95.9 Å². The number of nitrogens with two attached hydrogens (primary N) is 1. The second-order valence-corrected chi connectivity index (χ2v) is 18.5. The molecule has 4 aliphatic heterocycles. The number of likely N-dealkylation sites (tertiary alicyclic amines) is 2. The number of nitrogens with one attached hydrogen (secondary N) is 1. The van der Waals surface area contributed by atoms with Crippen LogP contribution in [0.25, 0.3) is 0 Å². The van der Waals surface area contributed by atoms with Crippen molar-refractivity contribution in [3.05, 3.63) is 130 Å². The number of carbonyl (C=O) groups excluding carboxylic acids is 4. The Balaban J connectivity index is 0.000000908. The molecule has 8 rings (SSSR count). The first kappa shape index (κ1) is 48.9. The maximum absolute atomic E-state index is 14.3. The minimum atomic E-state index is -5.08. The molecule has 0 saturated carbocycles. The fourth-order valence-electron chi connectivity index (χ4n) is 8.49. The summed E-state index contributed by atoms with van der Waals surface area (Å²) in [6.45, 7) is 3.52. The summed E-state index contributed by atoms with van der Waals surface area (Å²) in [4.78, 5) is 91.3. The number of hydrogen-bond acceptors (Lipinski definition) is 12. The van der Waals surface area contributed by atoms with Gasteiger partial charge < -0.3 is 40.6 Å². The predicted molar refractivity (Wildman–Crippen MR) is 245 cm³/mol. The lowest BCUT2D eigenvalue weighted by Gasteiger charge is -2.50. The van der Waals surface area contributed by atoms with Gasteiger partial charge in [-0.25, -0.2) is 19.4 Å². The number of carboxylic acid groups (broad SMARTS) is 2. The van der Waals surface area contributed by atoms with Crippen molar-refractivity contribution in [2.75, 3.05) is 37.7 Å². The second kappa shape index (κ2) is 20.8. The number of ether oxygens (including phenoxy) is 1. The van der Waals surface area contributed by atoms with Gasteiger partial charge in [-0.2, -0.15) is 13.2 Å². The van der Waals surface area contributed by atoms with Gasteiger partial charge in [0.15, 0.2) is 15.8 Å². The van der Waals surface area contributed by atoms with Crippen molar-refractivity contribution in [3.8, 4) is 0 Å². The van der Waals surface area contributed by atoms with Gasteiger partial charge in [0, 0.05) is 53.3 Å². The number of halogens is 3. The van der Waals surface area contributed by atoms with E-state index in [-0.39, 0.29) is 39.6 Å². The maximum Gasteiger partial charge on any atom is 0.490 e. The van der Waals surface area contributed by atoms with Crippen molar-refractivity contribution < 1.29 is 61.7 Å². The molecule has 3 fully saturated rings. The number of aromatic nitrogens is 1. The molecule has 5 heterocycles. The predicted octanol–water partition coefficient (Wildman–Crippen LogP) is 5.39. The summed E-state index contributed by atoms with van der Waals surface area (Å²) in [5, 5.41) is 28.4. The summed E-state index contributed by atoms with van der Waals surface area (Å²) in [6, 6.07) is 26.8. The molecule has 17 nitrogen and oxygen atoms in total. The Hall–Kier alpha value is -7.07. The van der Waals surface area contributed by atoms with Crippen molar-refractivity contribution >= 4 is 73.4 Å². The molecule has 1 unspecified atom stereocenters. The normalized spacial score (nSPS) is 20.5. The van der Waals surface area contributed by atoms with Crippen LogP contribution in [0, 0.1) is 0 Å². The third kappa shape index (κ3) is 10.2. The summed E-state index contributed by atoms with van der Waals surface area (Å²) < 4.78 is 36.9. The van der Waals surface area contributed by atoms with Crippen molar-refractivity contribution in [2.24, 2.45) is 5.16 Å². The van der Waals surface area contributed by atoms with E-state index >= 15 is 0 Å². The van der Waals surface area contributed by atoms with Gasteiger partial charge in [0.2, 0.25) is 5.60 Å². The van der Waals surface area contributed by atoms with E-state index in [0.29, 0.717) is 63.3 Å². The number of rotatable bonds is 12. The Morgan fingerprint density at radius 2 is 1.47 bits per heavy atom. The lowest BCUT2D eigenvalue weighted by Crippen LogP contribution is -2.74. The highest BCUT2D eigenvalue weighted by molar-refractivity contribution is 8.19. The Morgan fingerprint density at radius 1 is 0.912 bits per heavy atom. The molecule has 68 heavy (non-hydrogen) atoms.